The zero-order chi connectivity index (χ0) is 7.94. The quantitative estimate of drug-likeness (QED) is 0.477. The Morgan fingerprint density at radius 3 is 2.36 bits per heavy atom. The van der Waals surface area contributed by atoms with Gasteiger partial charge in [0.15, 0.2) is 0 Å². The van der Waals surface area contributed by atoms with Crippen LogP contribution in [0.4, 0.5) is 0 Å². The number of hydrogen-bond donors (Lipinski definition) is 0. The molecule has 0 nitrogen and oxygen atoms in total. The van der Waals surface area contributed by atoms with Crippen molar-refractivity contribution in [3.8, 4) is 0 Å². The van der Waals surface area contributed by atoms with Crippen LogP contribution in [-0.4, -0.2) is 0 Å². The fraction of sp³-hybridized carbons (Fsp3) is 1.00. The van der Waals surface area contributed by atoms with Crippen molar-refractivity contribution < 1.29 is 15.5 Å². The molecule has 0 radical (unpaired) electrons. The second kappa shape index (κ2) is 6.06. The summed E-state index contributed by atoms with van der Waals surface area (Å²) < 4.78 is 0. The summed E-state index contributed by atoms with van der Waals surface area (Å²) in [7, 11) is 0. The average molecular weight is 198 g/mol. The van der Waals surface area contributed by atoms with Gasteiger partial charge in [-0.05, 0) is 0 Å². The van der Waals surface area contributed by atoms with E-state index in [1.54, 1.807) is 0 Å². The van der Waals surface area contributed by atoms with E-state index in [1.807, 2.05) is 0 Å². The predicted molar refractivity (Wildman–Crippen MR) is 45.2 cm³/mol. The fourth-order valence-electron chi connectivity index (χ4n) is 1.99. The first-order chi connectivity index (χ1) is 5.43. The van der Waals surface area contributed by atoms with Crippen LogP contribution in [0, 0.1) is 5.92 Å². The number of unbranched alkanes of at least 4 members (excludes halogenated alkanes) is 1. The molecule has 0 aromatic heterocycles. The molecule has 11 heavy (non-hydrogen) atoms. The molecule has 1 fully saturated rings. The van der Waals surface area contributed by atoms with Crippen LogP contribution in [0.2, 0.25) is 5.39 Å². The SMILES string of the molecule is [Ni][CH2]CCCC1CCCCC1. The molecule has 1 rings (SSSR count). The first kappa shape index (κ1) is 9.58. The standard InChI is InChI=1S/C10H19.Ni/c1-2-3-7-10-8-5-4-6-9-10;/h10H,1-9H2;. The van der Waals surface area contributed by atoms with E-state index in [9.17, 15) is 0 Å². The summed E-state index contributed by atoms with van der Waals surface area (Å²) in [6, 6.07) is 0. The van der Waals surface area contributed by atoms with Crippen LogP contribution >= 0.6 is 0 Å². The summed E-state index contributed by atoms with van der Waals surface area (Å²) in [6.07, 6.45) is 11.6. The summed E-state index contributed by atoms with van der Waals surface area (Å²) in [5.41, 5.74) is 0. The monoisotopic (exact) mass is 197 g/mol. The van der Waals surface area contributed by atoms with Crippen LogP contribution in [0.1, 0.15) is 51.4 Å². The van der Waals surface area contributed by atoms with Crippen LogP contribution in [0.3, 0.4) is 0 Å². The molecule has 0 amide bonds. The summed E-state index contributed by atoms with van der Waals surface area (Å²) in [6.45, 7) is 0. The van der Waals surface area contributed by atoms with Crippen LogP contribution in [0.25, 0.3) is 0 Å². The van der Waals surface area contributed by atoms with Gasteiger partial charge in [0.2, 0.25) is 0 Å². The van der Waals surface area contributed by atoms with Gasteiger partial charge in [-0.1, -0.05) is 0 Å². The maximum absolute atomic E-state index is 4.66. The Morgan fingerprint density at radius 1 is 1.00 bits per heavy atom. The second-order valence-electron chi connectivity index (χ2n) is 3.66. The van der Waals surface area contributed by atoms with Crippen molar-refractivity contribution in [2.75, 3.05) is 0 Å². The van der Waals surface area contributed by atoms with Gasteiger partial charge in [0.1, 0.15) is 0 Å². The molecule has 0 N–H and O–H groups in total. The normalized spacial score (nSPS) is 20.5. The Bertz CT molecular complexity index is 84.9. The molecule has 1 aliphatic carbocycles. The number of rotatable bonds is 4. The van der Waals surface area contributed by atoms with Gasteiger partial charge in [0.05, 0.1) is 0 Å². The summed E-state index contributed by atoms with van der Waals surface area (Å²) in [5.74, 6) is 1.07. The molecule has 0 spiro atoms. The summed E-state index contributed by atoms with van der Waals surface area (Å²) in [4.78, 5) is 0. The van der Waals surface area contributed by atoms with Gasteiger partial charge in [0, 0.05) is 0 Å². The van der Waals surface area contributed by atoms with Crippen molar-refractivity contribution in [2.45, 2.75) is 56.8 Å². The molecule has 0 aliphatic heterocycles. The molecule has 69 valence electrons. The van der Waals surface area contributed by atoms with Gasteiger partial charge in [-0.3, -0.25) is 0 Å². The third kappa shape index (κ3) is 4.16. The molecule has 0 heterocycles. The summed E-state index contributed by atoms with van der Waals surface area (Å²) >= 11 is 4.66. The zero-order valence-electron chi connectivity index (χ0n) is 7.26. The summed E-state index contributed by atoms with van der Waals surface area (Å²) in [5, 5.41) is 1.01. The van der Waals surface area contributed by atoms with Crippen LogP contribution in [0.5, 0.6) is 0 Å². The second-order valence-corrected chi connectivity index (χ2v) is 4.15. The fourth-order valence-corrected chi connectivity index (χ4v) is 2.23. The molecule has 1 aliphatic rings. The van der Waals surface area contributed by atoms with E-state index in [2.05, 4.69) is 15.5 Å². The molecular weight excluding hydrogens is 179 g/mol. The Hall–Kier alpha value is 0.494. The predicted octanol–water partition coefficient (Wildman–Crippen LogP) is 3.70. The molecule has 0 aromatic rings. The van der Waals surface area contributed by atoms with Crippen LogP contribution in [-0.2, 0) is 15.5 Å². The molecule has 0 atom stereocenters. The molecule has 0 aromatic carbocycles. The molecule has 1 saturated carbocycles. The Morgan fingerprint density at radius 2 is 1.73 bits per heavy atom. The molecule has 0 bridgehead atoms. The van der Waals surface area contributed by atoms with E-state index in [4.69, 9.17) is 0 Å². The molecular formula is C10H19Ni. The van der Waals surface area contributed by atoms with Crippen LogP contribution < -0.4 is 0 Å². The van der Waals surface area contributed by atoms with E-state index in [0.717, 1.165) is 11.3 Å². The van der Waals surface area contributed by atoms with Gasteiger partial charge >= 0.3 is 78.1 Å². The van der Waals surface area contributed by atoms with E-state index in [-0.39, 0.29) is 0 Å². The first-order valence-corrected chi connectivity index (χ1v) is 5.65. The van der Waals surface area contributed by atoms with E-state index in [0.29, 0.717) is 0 Å². The first-order valence-electron chi connectivity index (χ1n) is 4.95. The van der Waals surface area contributed by atoms with Crippen molar-refractivity contribution >= 4 is 0 Å². The number of hydrogen-bond acceptors (Lipinski definition) is 0. The maximum atomic E-state index is 4.66. The van der Waals surface area contributed by atoms with Gasteiger partial charge in [0.25, 0.3) is 0 Å². The van der Waals surface area contributed by atoms with Crippen molar-refractivity contribution in [3.63, 3.8) is 0 Å². The zero-order valence-corrected chi connectivity index (χ0v) is 8.25. The third-order valence-electron chi connectivity index (χ3n) is 2.70. The topological polar surface area (TPSA) is 0 Å². The van der Waals surface area contributed by atoms with Gasteiger partial charge < -0.3 is 0 Å². The van der Waals surface area contributed by atoms with Gasteiger partial charge in [-0.25, -0.2) is 0 Å². The van der Waals surface area contributed by atoms with E-state index < -0.39 is 0 Å². The Labute approximate surface area is 78.5 Å². The van der Waals surface area contributed by atoms with Gasteiger partial charge in [-0.2, -0.15) is 0 Å². The van der Waals surface area contributed by atoms with Crippen molar-refractivity contribution in [3.05, 3.63) is 0 Å². The Balaban J connectivity index is 1.96. The van der Waals surface area contributed by atoms with Crippen molar-refractivity contribution in [1.82, 2.24) is 0 Å². The van der Waals surface area contributed by atoms with Crippen LogP contribution in [0.15, 0.2) is 0 Å². The Kier molecular flexibility index (Phi) is 5.28. The van der Waals surface area contributed by atoms with Gasteiger partial charge in [-0.15, -0.1) is 0 Å². The molecule has 0 saturated heterocycles. The minimum absolute atomic E-state index is 1.01. The third-order valence-corrected chi connectivity index (χ3v) is 3.05. The van der Waals surface area contributed by atoms with Crippen molar-refractivity contribution in [2.24, 2.45) is 5.92 Å². The van der Waals surface area contributed by atoms with E-state index >= 15 is 0 Å². The molecule has 0 unspecified atom stereocenters. The van der Waals surface area contributed by atoms with E-state index in [1.165, 1.54) is 51.4 Å². The minimum atomic E-state index is 1.01. The average Bonchev–Trinajstić information content (AvgIpc) is 2.07. The molecule has 1 heteroatoms. The van der Waals surface area contributed by atoms with Crippen molar-refractivity contribution in [1.29, 1.82) is 0 Å².